The van der Waals surface area contributed by atoms with Gasteiger partial charge in [0.05, 0.1) is 0 Å². The molecule has 0 aliphatic rings. The van der Waals surface area contributed by atoms with E-state index in [9.17, 15) is 0 Å². The Morgan fingerprint density at radius 3 is 1.00 bits per heavy atom. The van der Waals surface area contributed by atoms with Crippen LogP contribution in [0.3, 0.4) is 0 Å². The maximum absolute atomic E-state index is 0. The first kappa shape index (κ1) is 41.3. The Morgan fingerprint density at radius 2 is 1.00 bits per heavy atom. The largest absolute Gasteiger partial charge is 4.00 e. The molecule has 0 unspecified atom stereocenters. The van der Waals surface area contributed by atoms with E-state index < -0.39 is 0 Å². The Balaban J connectivity index is 0. The number of rotatable bonds is 0. The van der Waals surface area contributed by atoms with Crippen LogP contribution in [0, 0.1) is 0 Å². The van der Waals surface area contributed by atoms with Gasteiger partial charge in [-0.3, -0.25) is 0 Å². The molecule has 0 spiro atoms. The zero-order chi connectivity index (χ0) is 0. The molecule has 5 heavy (non-hydrogen) atoms. The second kappa shape index (κ2) is 26.9. The van der Waals surface area contributed by atoms with Crippen molar-refractivity contribution >= 4 is 48.9 Å². The summed E-state index contributed by atoms with van der Waals surface area (Å²) in [6.07, 6.45) is 0. The molecule has 0 aromatic carbocycles. The second-order valence-electron chi connectivity index (χ2n) is 0. The van der Waals surface area contributed by atoms with Crippen LogP contribution in [0.5, 0.6) is 0 Å². The summed E-state index contributed by atoms with van der Waals surface area (Å²) in [4.78, 5) is 0. The average Bonchev–Trinajstić information content (AvgIpc) is 0. The molecule has 27 valence electrons. The first-order chi connectivity index (χ1) is 0. The van der Waals surface area contributed by atoms with E-state index in [1.165, 1.54) is 0 Å². The summed E-state index contributed by atoms with van der Waals surface area (Å²) in [5.74, 6) is 0. The second-order valence-corrected chi connectivity index (χ2v) is 0. The molecular weight excluding hydrogens is 359 g/mol. The summed E-state index contributed by atoms with van der Waals surface area (Å²) < 4.78 is 0. The van der Waals surface area contributed by atoms with E-state index in [2.05, 4.69) is 0 Å². The van der Waals surface area contributed by atoms with E-state index in [4.69, 9.17) is 0 Å². The quantitative estimate of drug-likeness (QED) is 0.528. The normalized spacial score (nSPS) is 0. The molecule has 0 amide bonds. The van der Waals surface area contributed by atoms with Gasteiger partial charge in [-0.05, 0) is 0 Å². The van der Waals surface area contributed by atoms with Gasteiger partial charge in [-0.1, -0.05) is 0 Å². The van der Waals surface area contributed by atoms with Crippen molar-refractivity contribution in [1.82, 2.24) is 0 Å². The molecule has 0 atom stereocenters. The summed E-state index contributed by atoms with van der Waals surface area (Å²) in [5.41, 5.74) is 0. The van der Waals surface area contributed by atoms with Crippen molar-refractivity contribution in [2.45, 2.75) is 0 Å². The first-order valence-electron chi connectivity index (χ1n) is 0. The fourth-order valence-electron chi connectivity index (χ4n) is 0. The van der Waals surface area contributed by atoms with Gasteiger partial charge in [-0.2, -0.15) is 0 Å². The van der Waals surface area contributed by atoms with E-state index in [1.54, 1.807) is 0 Å². The van der Waals surface area contributed by atoms with Gasteiger partial charge in [0.15, 0.2) is 0 Å². The molecule has 5 heteroatoms. The average molecular weight is 361 g/mol. The summed E-state index contributed by atoms with van der Waals surface area (Å²) in [5, 5.41) is 0. The third-order valence-corrected chi connectivity index (χ3v) is 0. The molecule has 0 heterocycles. The molecule has 0 aliphatic heterocycles. The van der Waals surface area contributed by atoms with Crippen LogP contribution in [0.25, 0.3) is 0 Å². The molecule has 2 nitrogen and oxygen atoms in total. The molecule has 0 N–H and O–H groups in total. The van der Waals surface area contributed by atoms with Crippen molar-refractivity contribution in [3.63, 3.8) is 0 Å². The molecule has 0 saturated heterocycles. The van der Waals surface area contributed by atoms with E-state index in [-0.39, 0.29) is 115 Å². The van der Waals surface area contributed by atoms with Gasteiger partial charge >= 0.3 is 68.4 Å². The van der Waals surface area contributed by atoms with Crippen LogP contribution in [0.4, 0.5) is 0 Å². The van der Waals surface area contributed by atoms with Crippen molar-refractivity contribution in [2.75, 3.05) is 0 Å². The molecule has 0 aliphatic carbocycles. The summed E-state index contributed by atoms with van der Waals surface area (Å²) in [7, 11) is 0. The predicted molar refractivity (Wildman–Crippen MR) is 9.35 cm³/mol. The number of hydrogen-bond acceptors (Lipinski definition) is 0. The third-order valence-electron chi connectivity index (χ3n) is 0. The van der Waals surface area contributed by atoms with Crippen LogP contribution < -0.4 is 0 Å². The van der Waals surface area contributed by atoms with Crippen LogP contribution in [-0.4, -0.2) is 48.9 Å². The van der Waals surface area contributed by atoms with E-state index in [0.29, 0.717) is 0 Å². The molecule has 0 rings (SSSR count). The van der Waals surface area contributed by atoms with Crippen LogP contribution in [0.2, 0.25) is 0 Å². The number of hydrogen-bond donors (Lipinski definition) is 0. The zero-order valence-corrected chi connectivity index (χ0v) is 11.5. The van der Waals surface area contributed by atoms with Crippen molar-refractivity contribution in [3.05, 3.63) is 0 Å². The maximum atomic E-state index is 0. The first-order valence-corrected chi connectivity index (χ1v) is 0. The van der Waals surface area contributed by atoms with Crippen LogP contribution >= 0.6 is 0 Å². The van der Waals surface area contributed by atoms with Crippen LogP contribution in [0.1, 0.15) is 2.85 Å². The molecule has 0 aromatic rings. The SMILES string of the molecule is [Ba+2].[H-].[H-].[O-2].[O-2].[Ru+4].[Y]. The Kier molecular flexibility index (Phi) is 223. The van der Waals surface area contributed by atoms with E-state index in [0.717, 1.165) is 0 Å². The van der Waals surface area contributed by atoms with Crippen LogP contribution in [0.15, 0.2) is 0 Å². The maximum Gasteiger partial charge on any atom is 4.00 e. The van der Waals surface area contributed by atoms with Gasteiger partial charge in [0.1, 0.15) is 0 Å². The van der Waals surface area contributed by atoms with E-state index in [1.807, 2.05) is 0 Å². The van der Waals surface area contributed by atoms with E-state index >= 15 is 0 Å². The van der Waals surface area contributed by atoms with Gasteiger partial charge in [-0.25, -0.2) is 0 Å². The molecule has 0 fully saturated rings. The van der Waals surface area contributed by atoms with Gasteiger partial charge in [0.25, 0.3) is 0 Å². The van der Waals surface area contributed by atoms with Crippen molar-refractivity contribution in [1.29, 1.82) is 0 Å². The monoisotopic (exact) mass is 363 g/mol. The van der Waals surface area contributed by atoms with Gasteiger partial charge < -0.3 is 13.8 Å². The van der Waals surface area contributed by atoms with Crippen molar-refractivity contribution in [2.24, 2.45) is 0 Å². The predicted octanol–water partition coefficient (Wildman–Crippen LogP) is -0.398. The minimum absolute atomic E-state index is 0. The molecule has 0 aromatic heterocycles. The van der Waals surface area contributed by atoms with Crippen molar-refractivity contribution in [3.8, 4) is 0 Å². The standard InChI is InChI=1S/Ba.2O.Ru.Y.2H/q+2;2*-2;+4;;2*-1. The smallest absolute Gasteiger partial charge is 2.00 e. The Hall–Kier alpha value is 3.22. The van der Waals surface area contributed by atoms with Gasteiger partial charge in [0, 0.05) is 32.7 Å². The fourth-order valence-corrected chi connectivity index (χ4v) is 0. The summed E-state index contributed by atoms with van der Waals surface area (Å²) in [6.45, 7) is 0. The minimum Gasteiger partial charge on any atom is -2.00 e. The van der Waals surface area contributed by atoms with Gasteiger partial charge in [0.2, 0.25) is 0 Å². The Morgan fingerprint density at radius 1 is 1.00 bits per heavy atom. The van der Waals surface area contributed by atoms with Gasteiger partial charge in [-0.15, -0.1) is 0 Å². The third kappa shape index (κ3) is 19.0. The summed E-state index contributed by atoms with van der Waals surface area (Å²) >= 11 is 0. The molecule has 0 saturated carbocycles. The Labute approximate surface area is 112 Å². The van der Waals surface area contributed by atoms with Crippen molar-refractivity contribution < 1.29 is 66.0 Å². The summed E-state index contributed by atoms with van der Waals surface area (Å²) in [6, 6.07) is 0. The molecule has 0 bridgehead atoms. The fraction of sp³-hybridized carbons (Fsp3) is 0. The minimum atomic E-state index is 0. The molecule has 1 radical (unpaired) electrons. The Bertz CT molecular complexity index is 15.7. The topological polar surface area (TPSA) is 57.0 Å². The zero-order valence-electron chi connectivity index (χ0n) is 4.45. The van der Waals surface area contributed by atoms with Crippen LogP contribution in [-0.2, 0) is 63.1 Å². The molecular formula is H2BaO2RuY.